The molecule has 2 aromatic carbocycles. The third kappa shape index (κ3) is 4.48. The first kappa shape index (κ1) is 17.3. The molecule has 0 radical (unpaired) electrons. The van der Waals surface area contributed by atoms with Gasteiger partial charge in [0.25, 0.3) is 0 Å². The Morgan fingerprint density at radius 2 is 1.83 bits per heavy atom. The van der Waals surface area contributed by atoms with Gasteiger partial charge in [-0.25, -0.2) is 0 Å². The second-order valence-corrected chi connectivity index (χ2v) is 5.78. The van der Waals surface area contributed by atoms with Crippen LogP contribution in [0, 0.1) is 13.8 Å². The van der Waals surface area contributed by atoms with E-state index >= 15 is 0 Å². The summed E-state index contributed by atoms with van der Waals surface area (Å²) in [5.74, 6) is -0.508. The zero-order valence-electron chi connectivity index (χ0n) is 12.6. The van der Waals surface area contributed by atoms with Gasteiger partial charge in [-0.1, -0.05) is 35.4 Å². The lowest BCUT2D eigenvalue weighted by molar-refractivity contribution is -0.137. The van der Waals surface area contributed by atoms with Crippen molar-refractivity contribution in [2.24, 2.45) is 0 Å². The van der Waals surface area contributed by atoms with Gasteiger partial charge in [0, 0.05) is 5.02 Å². The van der Waals surface area contributed by atoms with Crippen LogP contribution in [0.3, 0.4) is 0 Å². The summed E-state index contributed by atoms with van der Waals surface area (Å²) >= 11 is 5.61. The standard InChI is InChI=1S/C17H15ClF3NO/c1-10-3-4-11(2)12(7-10)8-16(23)22-15-6-5-13(18)9-14(15)17(19,20)21/h3-7,9H,8H2,1-2H3,(H,22,23). The minimum Gasteiger partial charge on any atom is -0.325 e. The lowest BCUT2D eigenvalue weighted by Gasteiger charge is -2.14. The number of alkyl halides is 3. The van der Waals surface area contributed by atoms with Crippen LogP contribution in [-0.2, 0) is 17.4 Å². The fraction of sp³-hybridized carbons (Fsp3) is 0.235. The fourth-order valence-corrected chi connectivity index (χ4v) is 2.39. The van der Waals surface area contributed by atoms with E-state index in [1.54, 1.807) is 0 Å². The Balaban J connectivity index is 2.22. The molecule has 23 heavy (non-hydrogen) atoms. The molecular formula is C17H15ClF3NO. The molecule has 0 aliphatic carbocycles. The first-order valence-corrected chi connectivity index (χ1v) is 7.27. The van der Waals surface area contributed by atoms with Crippen molar-refractivity contribution in [1.82, 2.24) is 0 Å². The molecule has 0 saturated heterocycles. The highest BCUT2D eigenvalue weighted by atomic mass is 35.5. The van der Waals surface area contributed by atoms with Crippen LogP contribution in [0.5, 0.6) is 0 Å². The SMILES string of the molecule is Cc1ccc(C)c(CC(=O)Nc2ccc(Cl)cc2C(F)(F)F)c1. The van der Waals surface area contributed by atoms with Gasteiger partial charge in [0.05, 0.1) is 17.7 Å². The Hall–Kier alpha value is -2.01. The molecule has 2 rings (SSSR count). The summed E-state index contributed by atoms with van der Waals surface area (Å²) in [6, 6.07) is 8.91. The Kier molecular flexibility index (Phi) is 5.00. The largest absolute Gasteiger partial charge is 0.418 e. The van der Waals surface area contributed by atoms with Gasteiger partial charge in [0.1, 0.15) is 0 Å². The molecule has 0 aliphatic heterocycles. The van der Waals surface area contributed by atoms with Gasteiger partial charge in [-0.05, 0) is 43.2 Å². The van der Waals surface area contributed by atoms with Crippen LogP contribution in [0.15, 0.2) is 36.4 Å². The van der Waals surface area contributed by atoms with Crippen molar-refractivity contribution in [3.8, 4) is 0 Å². The molecule has 0 bridgehead atoms. The molecule has 6 heteroatoms. The van der Waals surface area contributed by atoms with Crippen molar-refractivity contribution >= 4 is 23.2 Å². The number of nitrogens with one attached hydrogen (secondary N) is 1. The van der Waals surface area contributed by atoms with Crippen LogP contribution < -0.4 is 5.32 Å². The number of hydrogen-bond donors (Lipinski definition) is 1. The molecule has 0 atom stereocenters. The van der Waals surface area contributed by atoms with Gasteiger partial charge < -0.3 is 5.32 Å². The van der Waals surface area contributed by atoms with Crippen molar-refractivity contribution in [1.29, 1.82) is 0 Å². The maximum atomic E-state index is 13.0. The number of amides is 1. The molecule has 0 heterocycles. The molecule has 2 nitrogen and oxygen atoms in total. The van der Waals surface area contributed by atoms with E-state index in [4.69, 9.17) is 11.6 Å². The Morgan fingerprint density at radius 3 is 2.48 bits per heavy atom. The average Bonchev–Trinajstić information content (AvgIpc) is 2.43. The van der Waals surface area contributed by atoms with E-state index in [-0.39, 0.29) is 17.1 Å². The molecule has 1 amide bonds. The number of rotatable bonds is 3. The van der Waals surface area contributed by atoms with Gasteiger partial charge in [0.2, 0.25) is 5.91 Å². The van der Waals surface area contributed by atoms with Gasteiger partial charge in [-0.3, -0.25) is 4.79 Å². The zero-order valence-corrected chi connectivity index (χ0v) is 13.3. The van der Waals surface area contributed by atoms with Crippen molar-refractivity contribution in [3.05, 3.63) is 63.7 Å². The second-order valence-electron chi connectivity index (χ2n) is 5.34. The number of carbonyl (C=O) groups is 1. The van der Waals surface area contributed by atoms with Crippen LogP contribution >= 0.6 is 11.6 Å². The fourth-order valence-electron chi connectivity index (χ4n) is 2.22. The Bertz CT molecular complexity index is 741. The van der Waals surface area contributed by atoms with Gasteiger partial charge in [-0.15, -0.1) is 0 Å². The van der Waals surface area contributed by atoms with Crippen LogP contribution in [0.25, 0.3) is 0 Å². The lowest BCUT2D eigenvalue weighted by atomic mass is 10.0. The summed E-state index contributed by atoms with van der Waals surface area (Å²) in [4.78, 5) is 12.1. The molecule has 0 spiro atoms. The normalized spacial score (nSPS) is 11.4. The Labute approximate surface area is 137 Å². The molecule has 0 aliphatic rings. The van der Waals surface area contributed by atoms with Gasteiger partial charge >= 0.3 is 6.18 Å². The van der Waals surface area contributed by atoms with Crippen LogP contribution in [0.2, 0.25) is 5.02 Å². The second kappa shape index (κ2) is 6.62. The predicted molar refractivity (Wildman–Crippen MR) is 84.7 cm³/mol. The van der Waals surface area contributed by atoms with E-state index in [0.29, 0.717) is 0 Å². The number of anilines is 1. The summed E-state index contributed by atoms with van der Waals surface area (Å²) in [5.41, 5.74) is 1.43. The van der Waals surface area contributed by atoms with E-state index in [0.717, 1.165) is 28.8 Å². The molecule has 0 unspecified atom stereocenters. The third-order valence-corrected chi connectivity index (χ3v) is 3.65. The molecule has 1 N–H and O–H groups in total. The Morgan fingerprint density at radius 1 is 1.13 bits per heavy atom. The van der Waals surface area contributed by atoms with E-state index < -0.39 is 17.6 Å². The minimum atomic E-state index is -4.59. The zero-order chi connectivity index (χ0) is 17.2. The van der Waals surface area contributed by atoms with Crippen LogP contribution in [0.1, 0.15) is 22.3 Å². The number of halogens is 4. The van der Waals surface area contributed by atoms with E-state index in [2.05, 4.69) is 5.32 Å². The minimum absolute atomic E-state index is 0.00738. The molecule has 2 aromatic rings. The molecular weight excluding hydrogens is 327 g/mol. The first-order valence-electron chi connectivity index (χ1n) is 6.89. The predicted octanol–water partition coefficient (Wildman–Crippen LogP) is 5.16. The summed E-state index contributed by atoms with van der Waals surface area (Å²) < 4.78 is 39.0. The van der Waals surface area contributed by atoms with Crippen molar-refractivity contribution in [2.45, 2.75) is 26.4 Å². The number of benzene rings is 2. The molecule has 122 valence electrons. The van der Waals surface area contributed by atoms with E-state index in [1.165, 1.54) is 6.07 Å². The smallest absolute Gasteiger partial charge is 0.325 e. The van der Waals surface area contributed by atoms with Gasteiger partial charge in [0.15, 0.2) is 0 Å². The summed E-state index contributed by atoms with van der Waals surface area (Å²) in [7, 11) is 0. The molecule has 0 aromatic heterocycles. The van der Waals surface area contributed by atoms with Gasteiger partial charge in [-0.2, -0.15) is 13.2 Å². The highest BCUT2D eigenvalue weighted by Gasteiger charge is 2.34. The third-order valence-electron chi connectivity index (χ3n) is 3.42. The lowest BCUT2D eigenvalue weighted by Crippen LogP contribution is -2.18. The molecule has 0 saturated carbocycles. The van der Waals surface area contributed by atoms with Crippen molar-refractivity contribution in [3.63, 3.8) is 0 Å². The highest BCUT2D eigenvalue weighted by Crippen LogP contribution is 2.36. The summed E-state index contributed by atoms with van der Waals surface area (Å²) in [6.07, 6.45) is -4.58. The monoisotopic (exact) mass is 341 g/mol. The van der Waals surface area contributed by atoms with Crippen molar-refractivity contribution < 1.29 is 18.0 Å². The van der Waals surface area contributed by atoms with Crippen LogP contribution in [0.4, 0.5) is 18.9 Å². The topological polar surface area (TPSA) is 29.1 Å². The summed E-state index contributed by atoms with van der Waals surface area (Å²) in [5, 5.41) is 2.28. The van der Waals surface area contributed by atoms with Crippen LogP contribution in [-0.4, -0.2) is 5.91 Å². The average molecular weight is 342 g/mol. The maximum Gasteiger partial charge on any atom is 0.418 e. The quantitative estimate of drug-likeness (QED) is 0.821. The van der Waals surface area contributed by atoms with E-state index in [1.807, 2.05) is 32.0 Å². The number of hydrogen-bond acceptors (Lipinski definition) is 1. The van der Waals surface area contributed by atoms with Crippen molar-refractivity contribution in [2.75, 3.05) is 5.32 Å². The first-order chi connectivity index (χ1) is 10.7. The molecule has 0 fully saturated rings. The highest BCUT2D eigenvalue weighted by molar-refractivity contribution is 6.30. The summed E-state index contributed by atoms with van der Waals surface area (Å²) in [6.45, 7) is 3.74. The number of carbonyl (C=O) groups excluding carboxylic acids is 1. The van der Waals surface area contributed by atoms with E-state index in [9.17, 15) is 18.0 Å². The maximum absolute atomic E-state index is 13.0. The number of aryl methyl sites for hydroxylation is 2.